The molecule has 5 atom stereocenters. The van der Waals surface area contributed by atoms with E-state index in [2.05, 4.69) is 48.7 Å². The second kappa shape index (κ2) is 23.6. The molecule has 1 aliphatic heterocycles. The summed E-state index contributed by atoms with van der Waals surface area (Å²) in [7, 11) is 3.08. The maximum absolute atomic E-state index is 14.2. The molecule has 0 radical (unpaired) electrons. The Morgan fingerprint density at radius 1 is 0.800 bits per heavy atom. The number of carbonyl (C=O) groups excluding carboxylic acids is 1. The van der Waals surface area contributed by atoms with Gasteiger partial charge in [-0.3, -0.25) is 9.36 Å². The van der Waals surface area contributed by atoms with Crippen LogP contribution >= 0.6 is 8.53 Å². The number of rotatable bonds is 23. The van der Waals surface area contributed by atoms with Crippen LogP contribution in [0.4, 0.5) is 5.82 Å². The number of hydrogen-bond donors (Lipinski definition) is 1. The van der Waals surface area contributed by atoms with Gasteiger partial charge in [0.15, 0.2) is 6.23 Å². The Hall–Kier alpha value is -5.53. The van der Waals surface area contributed by atoms with Crippen molar-refractivity contribution in [2.75, 3.05) is 53.1 Å². The van der Waals surface area contributed by atoms with E-state index >= 15 is 0 Å². The van der Waals surface area contributed by atoms with E-state index in [0.717, 1.165) is 16.7 Å². The first-order valence-electron chi connectivity index (χ1n) is 21.5. The predicted octanol–water partition coefficient (Wildman–Crippen LogP) is 8.11. The van der Waals surface area contributed by atoms with Crippen LogP contribution in [0.5, 0.6) is 11.5 Å². The van der Waals surface area contributed by atoms with Crippen molar-refractivity contribution in [1.82, 2.24) is 14.2 Å². The lowest BCUT2D eigenvalue weighted by molar-refractivity contribution is -0.128. The van der Waals surface area contributed by atoms with Crippen LogP contribution in [-0.2, 0) is 33.6 Å². The topological polar surface area (TPSA) is 165 Å². The van der Waals surface area contributed by atoms with E-state index in [1.807, 2.05) is 84.9 Å². The second-order valence-corrected chi connectivity index (χ2v) is 17.1. The van der Waals surface area contributed by atoms with Gasteiger partial charge in [-0.25, -0.2) is 9.46 Å². The molecular formula is C49H58N5O10P. The molecule has 65 heavy (non-hydrogen) atoms. The molecule has 1 fully saturated rings. The van der Waals surface area contributed by atoms with E-state index in [-0.39, 0.29) is 50.7 Å². The van der Waals surface area contributed by atoms with Crippen molar-refractivity contribution < 1.29 is 42.3 Å². The van der Waals surface area contributed by atoms with Gasteiger partial charge in [0.1, 0.15) is 41.2 Å². The third kappa shape index (κ3) is 11.8. The van der Waals surface area contributed by atoms with Crippen LogP contribution in [0.3, 0.4) is 0 Å². The Kier molecular flexibility index (Phi) is 17.8. The molecule has 5 aromatic rings. The Morgan fingerprint density at radius 3 is 1.92 bits per heavy atom. The van der Waals surface area contributed by atoms with Crippen molar-refractivity contribution >= 4 is 20.3 Å². The van der Waals surface area contributed by atoms with Gasteiger partial charge in [0.25, 0.3) is 14.4 Å². The third-order valence-corrected chi connectivity index (χ3v) is 12.8. The summed E-state index contributed by atoms with van der Waals surface area (Å²) < 4.78 is 54.5. The average molecular weight is 908 g/mol. The lowest BCUT2D eigenvalue weighted by atomic mass is 9.79. The molecular weight excluding hydrogens is 850 g/mol. The summed E-state index contributed by atoms with van der Waals surface area (Å²) in [5.41, 5.74) is 0.688. The summed E-state index contributed by atoms with van der Waals surface area (Å²) in [6.07, 6.45) is -2.25. The molecule has 2 heterocycles. The number of hydrogen-bond acceptors (Lipinski definition) is 13. The van der Waals surface area contributed by atoms with Crippen molar-refractivity contribution in [3.63, 3.8) is 0 Å². The number of benzene rings is 4. The van der Waals surface area contributed by atoms with E-state index in [0.29, 0.717) is 17.1 Å². The first-order valence-corrected chi connectivity index (χ1v) is 22.6. The monoisotopic (exact) mass is 907 g/mol. The number of carbonyl (C=O) groups is 1. The quantitative estimate of drug-likeness (QED) is 0.0380. The maximum Gasteiger partial charge on any atom is 0.351 e. The first kappa shape index (κ1) is 48.9. The Balaban J connectivity index is 1.51. The van der Waals surface area contributed by atoms with Crippen LogP contribution in [0, 0.1) is 11.3 Å². The lowest BCUT2D eigenvalue weighted by Gasteiger charge is -2.41. The molecule has 15 nitrogen and oxygen atoms in total. The third-order valence-electron chi connectivity index (χ3n) is 10.8. The van der Waals surface area contributed by atoms with Gasteiger partial charge in [0.2, 0.25) is 0 Å². The standard InChI is InChI=1S/C49H58N5O10P/c1-34(2)54(35(3)4)65(61-30-14-28-50)62-33-42-44(45(60-32-31-57-5)47(63-42)53-29-27-43(52-48(53)56)51-46(55)36-15-10-8-11-16-36)64-49(37-17-12-9-13-18-37,38-19-23-40(58-6)24-20-38)39-21-25-41(59-7)26-22-39/h8-13,15-27,29,34-35,42,44-45,47H,14,30-33H2,1-7H3,(H,51,52,55,56)/t42-,44+,45?,47-,65?/m1/s1. The van der Waals surface area contributed by atoms with E-state index in [1.165, 1.54) is 16.8 Å². The number of amides is 1. The first-order chi connectivity index (χ1) is 31.5. The summed E-state index contributed by atoms with van der Waals surface area (Å²) in [4.78, 5) is 31.5. The second-order valence-electron chi connectivity index (χ2n) is 15.6. The highest BCUT2D eigenvalue weighted by molar-refractivity contribution is 7.44. The highest BCUT2D eigenvalue weighted by atomic mass is 31.2. The zero-order valence-electron chi connectivity index (χ0n) is 37.9. The molecule has 1 aromatic heterocycles. The van der Waals surface area contributed by atoms with Crippen LogP contribution in [0.25, 0.3) is 0 Å². The minimum Gasteiger partial charge on any atom is -0.497 e. The Morgan fingerprint density at radius 2 is 1.38 bits per heavy atom. The summed E-state index contributed by atoms with van der Waals surface area (Å²) in [5, 5.41) is 12.1. The Bertz CT molecular complexity index is 2290. The van der Waals surface area contributed by atoms with Gasteiger partial charge < -0.3 is 42.8 Å². The number of methoxy groups -OCH3 is 3. The van der Waals surface area contributed by atoms with Crippen LogP contribution in [0.1, 0.15) is 67.4 Å². The largest absolute Gasteiger partial charge is 0.497 e. The predicted molar refractivity (Wildman–Crippen MR) is 247 cm³/mol. The summed E-state index contributed by atoms with van der Waals surface area (Å²) in [5.74, 6) is 0.953. The summed E-state index contributed by atoms with van der Waals surface area (Å²) in [6.45, 7) is 8.67. The molecule has 1 saturated heterocycles. The van der Waals surface area contributed by atoms with Crippen LogP contribution in [0.2, 0.25) is 0 Å². The van der Waals surface area contributed by atoms with Gasteiger partial charge in [-0.2, -0.15) is 10.2 Å². The molecule has 16 heteroatoms. The molecule has 2 unspecified atom stereocenters. The number of anilines is 1. The molecule has 344 valence electrons. The maximum atomic E-state index is 14.2. The van der Waals surface area contributed by atoms with Crippen molar-refractivity contribution in [1.29, 1.82) is 5.26 Å². The number of ether oxygens (including phenoxy) is 6. The normalized spacial score (nSPS) is 17.9. The Labute approximate surface area is 382 Å². The smallest absolute Gasteiger partial charge is 0.351 e. The van der Waals surface area contributed by atoms with Crippen molar-refractivity contribution in [2.24, 2.45) is 0 Å². The van der Waals surface area contributed by atoms with Crippen LogP contribution in [0.15, 0.2) is 126 Å². The number of aromatic nitrogens is 2. The van der Waals surface area contributed by atoms with Crippen LogP contribution in [-0.4, -0.2) is 98.3 Å². The van der Waals surface area contributed by atoms with Crippen molar-refractivity contribution in [3.8, 4) is 17.6 Å². The van der Waals surface area contributed by atoms with Gasteiger partial charge in [-0.15, -0.1) is 0 Å². The number of nitrogens with zero attached hydrogens (tertiary/aromatic N) is 4. The van der Waals surface area contributed by atoms with Gasteiger partial charge in [0.05, 0.1) is 53.1 Å². The SMILES string of the molecule is COCCOC1[C@@H](OC(c2ccccc2)(c2ccc(OC)cc2)c2ccc(OC)cc2)[C@@H](COP(OCCC#N)N(C(C)C)C(C)C)O[C@H]1n1ccc(NC(=O)c2ccccc2)nc1=O. The zero-order chi connectivity index (χ0) is 46.3. The van der Waals surface area contributed by atoms with E-state index in [4.69, 9.17) is 37.5 Å². The molecule has 4 aromatic carbocycles. The molecule has 0 saturated carbocycles. The minimum absolute atomic E-state index is 0.0269. The fourth-order valence-electron chi connectivity index (χ4n) is 7.79. The highest BCUT2D eigenvalue weighted by Gasteiger charge is 2.53. The number of nitrogens with one attached hydrogen (secondary N) is 1. The fraction of sp³-hybridized carbons (Fsp3) is 0.388. The molecule has 0 bridgehead atoms. The average Bonchev–Trinajstić information content (AvgIpc) is 3.65. The summed E-state index contributed by atoms with van der Waals surface area (Å²) >= 11 is 0. The van der Waals surface area contributed by atoms with Gasteiger partial charge in [-0.05, 0) is 86.8 Å². The lowest BCUT2D eigenvalue weighted by Crippen LogP contribution is -2.47. The molecule has 1 amide bonds. The fourth-order valence-corrected chi connectivity index (χ4v) is 9.41. The molecule has 6 rings (SSSR count). The molecule has 0 spiro atoms. The summed E-state index contributed by atoms with van der Waals surface area (Å²) in [6, 6.07) is 37.6. The van der Waals surface area contributed by atoms with Gasteiger partial charge in [0, 0.05) is 31.0 Å². The van der Waals surface area contributed by atoms with Gasteiger partial charge in [-0.1, -0.05) is 72.8 Å². The van der Waals surface area contributed by atoms with E-state index in [9.17, 15) is 14.9 Å². The number of nitriles is 1. The minimum atomic E-state index is -1.72. The van der Waals surface area contributed by atoms with Crippen molar-refractivity contribution in [3.05, 3.63) is 154 Å². The molecule has 0 aliphatic carbocycles. The molecule has 1 N–H and O–H groups in total. The van der Waals surface area contributed by atoms with Crippen LogP contribution < -0.4 is 20.5 Å². The van der Waals surface area contributed by atoms with E-state index in [1.54, 1.807) is 45.6 Å². The van der Waals surface area contributed by atoms with E-state index < -0.39 is 50.3 Å². The molecule has 1 aliphatic rings. The van der Waals surface area contributed by atoms with Crippen molar-refractivity contribution in [2.45, 2.75) is 76.3 Å². The zero-order valence-corrected chi connectivity index (χ0v) is 38.8. The highest BCUT2D eigenvalue weighted by Crippen LogP contribution is 2.49. The van der Waals surface area contributed by atoms with Gasteiger partial charge >= 0.3 is 5.69 Å².